The molecule has 1 N–H and O–H groups in total. The molecule has 0 unspecified atom stereocenters. The summed E-state index contributed by atoms with van der Waals surface area (Å²) in [6.07, 6.45) is 6.08. The molecule has 1 saturated carbocycles. The first kappa shape index (κ1) is 18.5. The first-order valence-corrected chi connectivity index (χ1v) is 9.69. The number of thiophene rings is 1. The van der Waals surface area contributed by atoms with Crippen molar-refractivity contribution in [3.05, 3.63) is 46.8 Å². The van der Waals surface area contributed by atoms with Crippen molar-refractivity contribution >= 4 is 28.2 Å². The third-order valence-electron chi connectivity index (χ3n) is 4.40. The highest BCUT2D eigenvalue weighted by Crippen LogP contribution is 2.25. The van der Waals surface area contributed by atoms with Crippen LogP contribution in [0.5, 0.6) is 5.75 Å². The van der Waals surface area contributed by atoms with Gasteiger partial charge < -0.3 is 14.8 Å². The van der Waals surface area contributed by atoms with E-state index in [0.717, 1.165) is 24.2 Å². The molecule has 6 heteroatoms. The van der Waals surface area contributed by atoms with Crippen LogP contribution in [0.1, 0.15) is 47.3 Å². The average molecular weight is 373 g/mol. The predicted molar refractivity (Wildman–Crippen MR) is 102 cm³/mol. The summed E-state index contributed by atoms with van der Waals surface area (Å²) in [4.78, 5) is 24.1. The van der Waals surface area contributed by atoms with Crippen LogP contribution < -0.4 is 10.1 Å². The van der Waals surface area contributed by atoms with Crippen molar-refractivity contribution in [2.45, 2.75) is 44.6 Å². The summed E-state index contributed by atoms with van der Waals surface area (Å²) in [7, 11) is 1.34. The summed E-state index contributed by atoms with van der Waals surface area (Å²) >= 11 is 1.21. The summed E-state index contributed by atoms with van der Waals surface area (Å²) in [5.41, 5.74) is 1.08. The molecule has 1 aliphatic rings. The van der Waals surface area contributed by atoms with Crippen molar-refractivity contribution in [3.63, 3.8) is 0 Å². The van der Waals surface area contributed by atoms with E-state index >= 15 is 0 Å². The number of anilines is 1. The van der Waals surface area contributed by atoms with E-state index in [0.29, 0.717) is 28.8 Å². The summed E-state index contributed by atoms with van der Waals surface area (Å²) in [6.45, 7) is 0. The number of benzene rings is 1. The van der Waals surface area contributed by atoms with E-state index < -0.39 is 5.97 Å². The lowest BCUT2D eigenvalue weighted by Crippen LogP contribution is -2.12. The minimum Gasteiger partial charge on any atom is -0.490 e. The molecule has 3 rings (SSSR count). The van der Waals surface area contributed by atoms with Gasteiger partial charge in [0, 0.05) is 6.42 Å². The summed E-state index contributed by atoms with van der Waals surface area (Å²) in [6, 6.07) is 11.3. The second-order valence-corrected chi connectivity index (χ2v) is 7.46. The van der Waals surface area contributed by atoms with Gasteiger partial charge in [0.2, 0.25) is 5.91 Å². The Morgan fingerprint density at radius 2 is 2.00 bits per heavy atom. The van der Waals surface area contributed by atoms with Gasteiger partial charge >= 0.3 is 5.97 Å². The lowest BCUT2D eigenvalue weighted by atomic mass is 10.1. The maximum atomic E-state index is 12.1. The Hall–Kier alpha value is -2.34. The zero-order valence-electron chi connectivity index (χ0n) is 14.8. The zero-order chi connectivity index (χ0) is 18.4. The van der Waals surface area contributed by atoms with Crippen LogP contribution in [-0.4, -0.2) is 25.1 Å². The number of aryl methyl sites for hydroxylation is 1. The van der Waals surface area contributed by atoms with E-state index in [4.69, 9.17) is 4.74 Å². The van der Waals surface area contributed by atoms with Crippen LogP contribution in [0.2, 0.25) is 0 Å². The summed E-state index contributed by atoms with van der Waals surface area (Å²) in [5, 5.41) is 3.47. The minimum atomic E-state index is -0.394. The maximum Gasteiger partial charge on any atom is 0.348 e. The van der Waals surface area contributed by atoms with Crippen molar-refractivity contribution < 1.29 is 19.1 Å². The molecule has 0 atom stereocenters. The second-order valence-electron chi connectivity index (χ2n) is 6.38. The van der Waals surface area contributed by atoms with Crippen LogP contribution in [0.15, 0.2) is 36.4 Å². The fourth-order valence-electron chi connectivity index (χ4n) is 3.05. The molecular formula is C20H23NO4S. The molecule has 1 heterocycles. The van der Waals surface area contributed by atoms with Crippen LogP contribution in [0.4, 0.5) is 5.00 Å². The van der Waals surface area contributed by atoms with Gasteiger partial charge in [-0.25, -0.2) is 4.79 Å². The molecule has 1 aromatic heterocycles. The number of hydrogen-bond acceptors (Lipinski definition) is 5. The van der Waals surface area contributed by atoms with Gasteiger partial charge in [-0.2, -0.15) is 0 Å². The molecule has 138 valence electrons. The monoisotopic (exact) mass is 373 g/mol. The Balaban J connectivity index is 1.49. The number of carbonyl (C=O) groups excluding carboxylic acids is 2. The molecule has 1 aliphatic carbocycles. The average Bonchev–Trinajstić information content (AvgIpc) is 3.32. The molecule has 2 aromatic rings. The van der Waals surface area contributed by atoms with E-state index in [9.17, 15) is 9.59 Å². The van der Waals surface area contributed by atoms with Gasteiger partial charge in [0.1, 0.15) is 10.6 Å². The molecule has 26 heavy (non-hydrogen) atoms. The summed E-state index contributed by atoms with van der Waals surface area (Å²) < 4.78 is 10.7. The smallest absolute Gasteiger partial charge is 0.348 e. The van der Waals surface area contributed by atoms with Crippen LogP contribution >= 0.6 is 11.3 Å². The van der Waals surface area contributed by atoms with Crippen LogP contribution in [0.25, 0.3) is 0 Å². The minimum absolute atomic E-state index is 0.0784. The van der Waals surface area contributed by atoms with Crippen LogP contribution in [-0.2, 0) is 16.0 Å². The number of carbonyl (C=O) groups is 2. The highest BCUT2D eigenvalue weighted by molar-refractivity contribution is 7.18. The summed E-state index contributed by atoms with van der Waals surface area (Å²) in [5.74, 6) is 0.413. The standard InChI is InChI=1S/C20H23NO4S/c1-24-20(23)17-10-12-19(26-17)21-18(22)11-9-14-5-4-8-16(13-14)25-15-6-2-3-7-15/h4-5,8,10,12-13,15H,2-3,6-7,9,11H2,1H3,(H,21,22). The first-order chi connectivity index (χ1) is 12.6. The molecule has 1 amide bonds. The van der Waals surface area contributed by atoms with Crippen molar-refractivity contribution in [3.8, 4) is 5.75 Å². The SMILES string of the molecule is COC(=O)c1ccc(NC(=O)CCc2cccc(OC3CCCC3)c2)s1. The fraction of sp³-hybridized carbons (Fsp3) is 0.400. The number of ether oxygens (including phenoxy) is 2. The van der Waals surface area contributed by atoms with Crippen LogP contribution in [0.3, 0.4) is 0 Å². The van der Waals surface area contributed by atoms with E-state index in [-0.39, 0.29) is 5.91 Å². The van der Waals surface area contributed by atoms with E-state index in [2.05, 4.69) is 10.1 Å². The predicted octanol–water partition coefficient (Wildman–Crippen LogP) is 4.43. The highest BCUT2D eigenvalue weighted by atomic mass is 32.1. The van der Waals surface area contributed by atoms with E-state index in [1.807, 2.05) is 24.3 Å². The Morgan fingerprint density at radius 3 is 2.77 bits per heavy atom. The number of amides is 1. The quantitative estimate of drug-likeness (QED) is 0.729. The molecule has 0 saturated heterocycles. The molecule has 5 nitrogen and oxygen atoms in total. The van der Waals surface area contributed by atoms with Gasteiger partial charge in [0.15, 0.2) is 0 Å². The third kappa shape index (κ3) is 5.08. The van der Waals surface area contributed by atoms with Gasteiger partial charge in [0.25, 0.3) is 0 Å². The Labute approximate surface area is 157 Å². The van der Waals surface area contributed by atoms with Gasteiger partial charge in [0.05, 0.1) is 18.2 Å². The van der Waals surface area contributed by atoms with Crippen molar-refractivity contribution in [1.82, 2.24) is 0 Å². The maximum absolute atomic E-state index is 12.1. The normalized spacial score (nSPS) is 14.2. The Morgan fingerprint density at radius 1 is 1.19 bits per heavy atom. The van der Waals surface area contributed by atoms with Crippen LogP contribution in [0, 0.1) is 0 Å². The molecule has 1 aromatic carbocycles. The van der Waals surface area contributed by atoms with Crippen molar-refractivity contribution in [2.24, 2.45) is 0 Å². The first-order valence-electron chi connectivity index (χ1n) is 8.87. The molecule has 0 radical (unpaired) electrons. The third-order valence-corrected chi connectivity index (χ3v) is 5.38. The molecule has 0 spiro atoms. The Bertz CT molecular complexity index is 765. The molecule has 1 fully saturated rings. The number of esters is 1. The van der Waals surface area contributed by atoms with Gasteiger partial charge in [-0.15, -0.1) is 11.3 Å². The Kier molecular flexibility index (Phi) is 6.28. The van der Waals surface area contributed by atoms with Gasteiger partial charge in [-0.05, 0) is 61.9 Å². The van der Waals surface area contributed by atoms with Gasteiger partial charge in [-0.3, -0.25) is 4.79 Å². The number of nitrogens with one attached hydrogen (secondary N) is 1. The molecule has 0 aliphatic heterocycles. The lowest BCUT2D eigenvalue weighted by Gasteiger charge is -2.13. The topological polar surface area (TPSA) is 64.6 Å². The zero-order valence-corrected chi connectivity index (χ0v) is 15.6. The molecular weight excluding hydrogens is 350 g/mol. The van der Waals surface area contributed by atoms with Crippen molar-refractivity contribution in [2.75, 3.05) is 12.4 Å². The van der Waals surface area contributed by atoms with Gasteiger partial charge in [-0.1, -0.05) is 12.1 Å². The van der Waals surface area contributed by atoms with E-state index in [1.165, 1.54) is 31.3 Å². The highest BCUT2D eigenvalue weighted by Gasteiger charge is 2.16. The lowest BCUT2D eigenvalue weighted by molar-refractivity contribution is -0.116. The number of methoxy groups -OCH3 is 1. The number of rotatable bonds is 7. The molecule has 0 bridgehead atoms. The largest absolute Gasteiger partial charge is 0.490 e. The number of hydrogen-bond donors (Lipinski definition) is 1. The fourth-order valence-corrected chi connectivity index (χ4v) is 3.89. The van der Waals surface area contributed by atoms with E-state index in [1.54, 1.807) is 12.1 Å². The second kappa shape index (κ2) is 8.85. The van der Waals surface area contributed by atoms with Crippen molar-refractivity contribution in [1.29, 1.82) is 0 Å².